The van der Waals surface area contributed by atoms with Gasteiger partial charge < -0.3 is 9.47 Å². The first kappa shape index (κ1) is 11.8. The molecule has 0 amide bonds. The van der Waals surface area contributed by atoms with Crippen molar-refractivity contribution in [3.63, 3.8) is 0 Å². The van der Waals surface area contributed by atoms with E-state index in [-0.39, 0.29) is 12.0 Å². The quantitative estimate of drug-likeness (QED) is 0.830. The number of methoxy groups -OCH3 is 1. The number of hydrogen-bond acceptors (Lipinski definition) is 4. The lowest BCUT2D eigenvalue weighted by Crippen LogP contribution is -2.41. The normalized spacial score (nSPS) is 29.5. The smallest absolute Gasteiger partial charge is 0.324 e. The maximum Gasteiger partial charge on any atom is 0.324 e. The molecule has 0 radical (unpaired) electrons. The average molecular weight is 268 g/mol. The molecule has 2 unspecified atom stereocenters. The summed E-state index contributed by atoms with van der Waals surface area (Å²) in [5.74, 6) is 0.466. The minimum Gasteiger partial charge on any atom is -0.495 e. The second-order valence-electron chi connectivity index (χ2n) is 4.81. The van der Waals surface area contributed by atoms with Gasteiger partial charge in [-0.05, 0) is 18.6 Å². The highest BCUT2D eigenvalue weighted by molar-refractivity contribution is 6.32. The summed E-state index contributed by atoms with van der Waals surface area (Å²) in [6, 6.07) is 3.58. The Morgan fingerprint density at radius 2 is 2.33 bits per heavy atom. The first-order valence-electron chi connectivity index (χ1n) is 5.87. The maximum absolute atomic E-state index is 11.6. The van der Waals surface area contributed by atoms with Crippen LogP contribution in [0.1, 0.15) is 17.5 Å². The summed E-state index contributed by atoms with van der Waals surface area (Å²) in [5.41, 5.74) is 1.32. The molecule has 4 nitrogen and oxygen atoms in total. The Balaban J connectivity index is 2.08. The van der Waals surface area contributed by atoms with Gasteiger partial charge in [0.05, 0.1) is 12.1 Å². The molecule has 1 aromatic rings. The summed E-state index contributed by atoms with van der Waals surface area (Å²) in [7, 11) is 1.58. The summed E-state index contributed by atoms with van der Waals surface area (Å²) in [6.45, 7) is 2.57. The van der Waals surface area contributed by atoms with Crippen LogP contribution in [0.25, 0.3) is 0 Å². The lowest BCUT2D eigenvalue weighted by atomic mass is 9.89. The van der Waals surface area contributed by atoms with Gasteiger partial charge in [0.25, 0.3) is 0 Å². The number of benzene rings is 1. The molecule has 5 heteroatoms. The number of morpholine rings is 1. The van der Waals surface area contributed by atoms with Crippen molar-refractivity contribution in [1.82, 2.24) is 5.32 Å². The fourth-order valence-electron chi connectivity index (χ4n) is 2.84. The van der Waals surface area contributed by atoms with Crippen LogP contribution in [0.5, 0.6) is 5.75 Å². The van der Waals surface area contributed by atoms with Crippen LogP contribution in [0.2, 0.25) is 5.02 Å². The van der Waals surface area contributed by atoms with Crippen molar-refractivity contribution in [2.45, 2.75) is 25.0 Å². The zero-order chi connectivity index (χ0) is 12.9. The van der Waals surface area contributed by atoms with Crippen molar-refractivity contribution in [1.29, 1.82) is 0 Å². The largest absolute Gasteiger partial charge is 0.495 e. The molecule has 3 rings (SSSR count). The van der Waals surface area contributed by atoms with Gasteiger partial charge >= 0.3 is 5.97 Å². The van der Waals surface area contributed by atoms with Crippen LogP contribution in [0.15, 0.2) is 12.1 Å². The van der Waals surface area contributed by atoms with Crippen LogP contribution in [-0.4, -0.2) is 25.7 Å². The Morgan fingerprint density at radius 1 is 1.56 bits per heavy atom. The Bertz CT molecular complexity index is 531. The zero-order valence-electron chi connectivity index (χ0n) is 10.2. The lowest BCUT2D eigenvalue weighted by molar-refractivity contribution is -0.153. The molecule has 1 aromatic carbocycles. The van der Waals surface area contributed by atoms with E-state index in [1.165, 1.54) is 0 Å². The van der Waals surface area contributed by atoms with E-state index < -0.39 is 5.60 Å². The van der Waals surface area contributed by atoms with E-state index >= 15 is 0 Å². The number of ether oxygens (including phenoxy) is 2. The van der Waals surface area contributed by atoms with Gasteiger partial charge in [-0.25, -0.2) is 0 Å². The second-order valence-corrected chi connectivity index (χ2v) is 5.19. The van der Waals surface area contributed by atoms with Gasteiger partial charge in [0.1, 0.15) is 11.8 Å². The van der Waals surface area contributed by atoms with Crippen molar-refractivity contribution in [2.24, 2.45) is 0 Å². The van der Waals surface area contributed by atoms with E-state index in [1.807, 2.05) is 19.1 Å². The highest BCUT2D eigenvalue weighted by Crippen LogP contribution is 2.45. The molecule has 0 aromatic heterocycles. The number of halogens is 1. The fraction of sp³-hybridized carbons (Fsp3) is 0.462. The summed E-state index contributed by atoms with van der Waals surface area (Å²) in [5, 5.41) is 3.75. The Morgan fingerprint density at radius 3 is 2.89 bits per heavy atom. The number of esters is 1. The van der Waals surface area contributed by atoms with Crippen molar-refractivity contribution in [3.05, 3.63) is 28.3 Å². The van der Waals surface area contributed by atoms with Crippen molar-refractivity contribution >= 4 is 17.6 Å². The molecular weight excluding hydrogens is 254 g/mol. The first-order chi connectivity index (χ1) is 8.57. The predicted molar refractivity (Wildman–Crippen MR) is 66.9 cm³/mol. The summed E-state index contributed by atoms with van der Waals surface area (Å²) in [4.78, 5) is 11.6. The average Bonchev–Trinajstić information content (AvgIpc) is 2.90. The van der Waals surface area contributed by atoms with Gasteiger partial charge in [-0.3, -0.25) is 10.1 Å². The molecular formula is C13H14ClNO3. The third kappa shape index (κ3) is 1.45. The standard InChI is InChI=1S/C13H14ClNO3/c1-7-8(3-4-10(17-2)11(7)14)13-5-9(15-6-13)12(16)18-13/h3-4,9,15H,5-6H2,1-2H3. The van der Waals surface area contributed by atoms with E-state index in [4.69, 9.17) is 21.1 Å². The van der Waals surface area contributed by atoms with E-state index in [0.29, 0.717) is 23.7 Å². The number of carbonyl (C=O) groups is 1. The Hall–Kier alpha value is -1.26. The monoisotopic (exact) mass is 267 g/mol. The van der Waals surface area contributed by atoms with E-state index in [2.05, 4.69) is 5.32 Å². The van der Waals surface area contributed by atoms with Crippen LogP contribution < -0.4 is 10.1 Å². The molecule has 1 N–H and O–H groups in total. The molecule has 0 saturated carbocycles. The third-order valence-corrected chi connectivity index (χ3v) is 4.28. The van der Waals surface area contributed by atoms with Gasteiger partial charge in [0, 0.05) is 18.5 Å². The molecule has 2 aliphatic heterocycles. The molecule has 2 heterocycles. The van der Waals surface area contributed by atoms with Gasteiger partial charge in [-0.2, -0.15) is 0 Å². The molecule has 0 spiro atoms. The van der Waals surface area contributed by atoms with E-state index in [1.54, 1.807) is 7.11 Å². The minimum atomic E-state index is -0.554. The number of rotatable bonds is 2. The lowest BCUT2D eigenvalue weighted by Gasteiger charge is -2.29. The molecule has 2 saturated heterocycles. The van der Waals surface area contributed by atoms with Crippen LogP contribution in [0, 0.1) is 6.92 Å². The topological polar surface area (TPSA) is 47.6 Å². The highest BCUT2D eigenvalue weighted by atomic mass is 35.5. The summed E-state index contributed by atoms with van der Waals surface area (Å²) >= 11 is 6.26. The van der Waals surface area contributed by atoms with Crippen molar-refractivity contribution in [2.75, 3.05) is 13.7 Å². The van der Waals surface area contributed by atoms with Crippen molar-refractivity contribution in [3.8, 4) is 5.75 Å². The second kappa shape index (κ2) is 3.87. The number of carbonyl (C=O) groups excluding carboxylic acids is 1. The van der Waals surface area contributed by atoms with E-state index in [0.717, 1.165) is 11.1 Å². The predicted octanol–water partition coefficient (Wildman–Crippen LogP) is 1.77. The fourth-order valence-corrected chi connectivity index (χ4v) is 3.08. The molecule has 2 fully saturated rings. The number of nitrogens with one attached hydrogen (secondary N) is 1. The zero-order valence-corrected chi connectivity index (χ0v) is 11.0. The highest BCUT2D eigenvalue weighted by Gasteiger charge is 2.54. The molecule has 2 bridgehead atoms. The maximum atomic E-state index is 11.6. The van der Waals surface area contributed by atoms with Crippen LogP contribution in [0.4, 0.5) is 0 Å². The van der Waals surface area contributed by atoms with Crippen LogP contribution in [-0.2, 0) is 15.1 Å². The molecule has 96 valence electrons. The first-order valence-corrected chi connectivity index (χ1v) is 6.25. The molecule has 2 aliphatic rings. The summed E-state index contributed by atoms with van der Waals surface area (Å²) < 4.78 is 10.7. The minimum absolute atomic E-state index is 0.174. The molecule has 0 aliphatic carbocycles. The van der Waals surface area contributed by atoms with Gasteiger partial charge in [-0.15, -0.1) is 0 Å². The van der Waals surface area contributed by atoms with Gasteiger partial charge in [-0.1, -0.05) is 17.7 Å². The van der Waals surface area contributed by atoms with E-state index in [9.17, 15) is 4.79 Å². The number of fused-ring (bicyclic) bond motifs is 2. The Labute approximate surface area is 110 Å². The number of hydrogen-bond donors (Lipinski definition) is 1. The summed E-state index contributed by atoms with van der Waals surface area (Å²) in [6.07, 6.45) is 0.676. The van der Waals surface area contributed by atoms with Crippen molar-refractivity contribution < 1.29 is 14.3 Å². The van der Waals surface area contributed by atoms with Crippen LogP contribution >= 0.6 is 11.6 Å². The third-order valence-electron chi connectivity index (χ3n) is 3.81. The Kier molecular flexibility index (Phi) is 2.54. The van der Waals surface area contributed by atoms with Gasteiger partial charge in [0.2, 0.25) is 0 Å². The van der Waals surface area contributed by atoms with Gasteiger partial charge in [0.15, 0.2) is 5.60 Å². The molecule has 2 atom stereocenters. The van der Waals surface area contributed by atoms with Crippen LogP contribution in [0.3, 0.4) is 0 Å². The molecule has 18 heavy (non-hydrogen) atoms. The SMILES string of the molecule is COc1ccc(C23CNC(C2)C(=O)O3)c(C)c1Cl.